The van der Waals surface area contributed by atoms with E-state index in [4.69, 9.17) is 5.73 Å². The zero-order valence-electron chi connectivity index (χ0n) is 14.2. The molecule has 0 radical (unpaired) electrons. The van der Waals surface area contributed by atoms with E-state index in [9.17, 15) is 29.4 Å². The fraction of sp³-hybridized carbons (Fsp3) is 0.375. The molecule has 0 unspecified atom stereocenters. The van der Waals surface area contributed by atoms with Crippen molar-refractivity contribution in [3.05, 3.63) is 29.8 Å². The minimum Gasteiger partial charge on any atom is -0.508 e. The van der Waals surface area contributed by atoms with Gasteiger partial charge in [-0.05, 0) is 24.6 Å². The second-order valence-electron chi connectivity index (χ2n) is 5.54. The Kier molecular flexibility index (Phi) is 8.03. The standard InChI is InChI=1S/C16H22N4O6/c1-9(19-13(22)7-17)15(24)18-8-14(23)20-12(16(25)26)6-10-2-4-11(21)5-3-10/h2-5,9,12,21H,6-8,17H2,1H3,(H,18,24)(H,19,22)(H,20,23)(H,25,26)/t9-,12-/m0/s1. The molecule has 2 atom stereocenters. The summed E-state index contributed by atoms with van der Waals surface area (Å²) in [5, 5.41) is 25.4. The predicted octanol–water partition coefficient (Wildman–Crippen LogP) is -1.92. The minimum atomic E-state index is -1.23. The molecule has 7 N–H and O–H groups in total. The van der Waals surface area contributed by atoms with Gasteiger partial charge >= 0.3 is 5.97 Å². The first-order chi connectivity index (χ1) is 12.2. The van der Waals surface area contributed by atoms with Crippen LogP contribution in [0.5, 0.6) is 5.75 Å². The first-order valence-electron chi connectivity index (χ1n) is 7.80. The van der Waals surface area contributed by atoms with Crippen LogP contribution in [-0.4, -0.2) is 59.1 Å². The Morgan fingerprint density at radius 2 is 1.69 bits per heavy atom. The molecule has 1 aromatic rings. The molecule has 10 heteroatoms. The number of aliphatic carboxylic acids is 1. The summed E-state index contributed by atoms with van der Waals surface area (Å²) in [6.07, 6.45) is 0.0122. The largest absolute Gasteiger partial charge is 0.508 e. The van der Waals surface area contributed by atoms with Crippen LogP contribution in [-0.2, 0) is 25.6 Å². The van der Waals surface area contributed by atoms with Crippen molar-refractivity contribution < 1.29 is 29.4 Å². The average Bonchev–Trinajstić information content (AvgIpc) is 2.60. The zero-order chi connectivity index (χ0) is 19.7. The summed E-state index contributed by atoms with van der Waals surface area (Å²) >= 11 is 0. The Balaban J connectivity index is 2.52. The Bertz CT molecular complexity index is 661. The van der Waals surface area contributed by atoms with E-state index in [1.807, 2.05) is 0 Å². The van der Waals surface area contributed by atoms with E-state index in [2.05, 4.69) is 16.0 Å². The van der Waals surface area contributed by atoms with Gasteiger partial charge in [-0.2, -0.15) is 0 Å². The quantitative estimate of drug-likeness (QED) is 0.296. The summed E-state index contributed by atoms with van der Waals surface area (Å²) in [5.74, 6) is -3.00. The Morgan fingerprint density at radius 1 is 1.08 bits per heavy atom. The fourth-order valence-corrected chi connectivity index (χ4v) is 2.00. The van der Waals surface area contributed by atoms with Crippen LogP contribution in [0.25, 0.3) is 0 Å². The van der Waals surface area contributed by atoms with Crippen molar-refractivity contribution in [2.45, 2.75) is 25.4 Å². The second kappa shape index (κ2) is 9.99. The van der Waals surface area contributed by atoms with Crippen LogP contribution < -0.4 is 21.7 Å². The SMILES string of the molecule is C[C@H](NC(=O)CN)C(=O)NCC(=O)N[C@@H](Cc1ccc(O)cc1)C(=O)O. The molecule has 0 fully saturated rings. The number of phenolic OH excluding ortho intramolecular Hbond substituents is 1. The maximum Gasteiger partial charge on any atom is 0.326 e. The lowest BCUT2D eigenvalue weighted by molar-refractivity contribution is -0.141. The summed E-state index contributed by atoms with van der Waals surface area (Å²) in [7, 11) is 0. The number of amides is 3. The van der Waals surface area contributed by atoms with E-state index in [0.29, 0.717) is 5.56 Å². The lowest BCUT2D eigenvalue weighted by Gasteiger charge is -2.16. The maximum atomic E-state index is 11.9. The molecule has 0 aliphatic carbocycles. The zero-order valence-corrected chi connectivity index (χ0v) is 14.2. The molecule has 0 aliphatic heterocycles. The van der Waals surface area contributed by atoms with Crippen molar-refractivity contribution in [2.75, 3.05) is 13.1 Å². The number of nitrogens with one attached hydrogen (secondary N) is 3. The summed E-state index contributed by atoms with van der Waals surface area (Å²) < 4.78 is 0. The molecule has 26 heavy (non-hydrogen) atoms. The van der Waals surface area contributed by atoms with Gasteiger partial charge in [0.25, 0.3) is 0 Å². The van der Waals surface area contributed by atoms with Gasteiger partial charge in [0.05, 0.1) is 13.1 Å². The molecular formula is C16H22N4O6. The van der Waals surface area contributed by atoms with Gasteiger partial charge in [0.1, 0.15) is 17.8 Å². The number of aromatic hydroxyl groups is 1. The highest BCUT2D eigenvalue weighted by Crippen LogP contribution is 2.11. The van der Waals surface area contributed by atoms with Crippen molar-refractivity contribution in [3.63, 3.8) is 0 Å². The fourth-order valence-electron chi connectivity index (χ4n) is 2.00. The van der Waals surface area contributed by atoms with Crippen LogP contribution >= 0.6 is 0 Å². The van der Waals surface area contributed by atoms with Crippen LogP contribution in [0.4, 0.5) is 0 Å². The maximum absolute atomic E-state index is 11.9. The lowest BCUT2D eigenvalue weighted by atomic mass is 10.1. The number of carbonyl (C=O) groups excluding carboxylic acids is 3. The van der Waals surface area contributed by atoms with Crippen LogP contribution in [0.2, 0.25) is 0 Å². The smallest absolute Gasteiger partial charge is 0.326 e. The van der Waals surface area contributed by atoms with E-state index < -0.39 is 42.3 Å². The highest BCUT2D eigenvalue weighted by atomic mass is 16.4. The molecule has 0 aromatic heterocycles. The normalized spacial score (nSPS) is 12.5. The highest BCUT2D eigenvalue weighted by Gasteiger charge is 2.21. The molecule has 0 aliphatic rings. The summed E-state index contributed by atoms with van der Waals surface area (Å²) in [5.41, 5.74) is 5.73. The third-order valence-electron chi connectivity index (χ3n) is 3.39. The van der Waals surface area contributed by atoms with Gasteiger partial charge in [-0.3, -0.25) is 14.4 Å². The number of rotatable bonds is 9. The van der Waals surface area contributed by atoms with Gasteiger partial charge in [-0.25, -0.2) is 4.79 Å². The third kappa shape index (κ3) is 7.18. The summed E-state index contributed by atoms with van der Waals surface area (Å²) in [6.45, 7) is 0.711. The van der Waals surface area contributed by atoms with Crippen molar-refractivity contribution >= 4 is 23.7 Å². The van der Waals surface area contributed by atoms with Gasteiger partial charge in [0, 0.05) is 6.42 Å². The first-order valence-corrected chi connectivity index (χ1v) is 7.80. The Morgan fingerprint density at radius 3 is 2.23 bits per heavy atom. The molecule has 0 saturated heterocycles. The van der Waals surface area contributed by atoms with Crippen LogP contribution in [0.3, 0.4) is 0 Å². The van der Waals surface area contributed by atoms with Gasteiger partial charge in [-0.15, -0.1) is 0 Å². The molecule has 3 amide bonds. The van der Waals surface area contributed by atoms with Crippen LogP contribution in [0.15, 0.2) is 24.3 Å². The second-order valence-corrected chi connectivity index (χ2v) is 5.54. The molecule has 0 spiro atoms. The molecular weight excluding hydrogens is 344 g/mol. The number of hydrogen-bond acceptors (Lipinski definition) is 6. The lowest BCUT2D eigenvalue weighted by Crippen LogP contribution is -2.50. The molecule has 1 rings (SSSR count). The third-order valence-corrected chi connectivity index (χ3v) is 3.39. The van der Waals surface area contributed by atoms with Crippen molar-refractivity contribution in [3.8, 4) is 5.75 Å². The molecule has 1 aromatic carbocycles. The number of phenols is 1. The Hall–Kier alpha value is -3.14. The molecule has 142 valence electrons. The van der Waals surface area contributed by atoms with Gasteiger partial charge < -0.3 is 31.9 Å². The van der Waals surface area contributed by atoms with E-state index >= 15 is 0 Å². The van der Waals surface area contributed by atoms with Crippen LogP contribution in [0, 0.1) is 0 Å². The van der Waals surface area contributed by atoms with E-state index in [-0.39, 0.29) is 18.7 Å². The average molecular weight is 366 g/mol. The molecule has 0 heterocycles. The van der Waals surface area contributed by atoms with E-state index in [1.54, 1.807) is 12.1 Å². The molecule has 0 bridgehead atoms. The number of carboxylic acids is 1. The summed E-state index contributed by atoms with van der Waals surface area (Å²) in [4.78, 5) is 46.0. The molecule has 0 saturated carbocycles. The van der Waals surface area contributed by atoms with Crippen molar-refractivity contribution in [2.24, 2.45) is 5.73 Å². The van der Waals surface area contributed by atoms with Gasteiger partial charge in [0.15, 0.2) is 0 Å². The topological polar surface area (TPSA) is 171 Å². The number of carboxylic acid groups (broad SMARTS) is 1. The number of benzene rings is 1. The predicted molar refractivity (Wildman–Crippen MR) is 91.0 cm³/mol. The number of carbonyl (C=O) groups is 4. The Labute approximate surface area is 149 Å². The van der Waals surface area contributed by atoms with Gasteiger partial charge in [-0.1, -0.05) is 12.1 Å². The highest BCUT2D eigenvalue weighted by molar-refractivity contribution is 5.91. The number of hydrogen-bond donors (Lipinski definition) is 6. The van der Waals surface area contributed by atoms with E-state index in [0.717, 1.165) is 0 Å². The van der Waals surface area contributed by atoms with Gasteiger partial charge in [0.2, 0.25) is 17.7 Å². The minimum absolute atomic E-state index is 0.0122. The number of nitrogens with two attached hydrogens (primary N) is 1. The first kappa shape index (κ1) is 20.9. The van der Waals surface area contributed by atoms with Crippen LogP contribution in [0.1, 0.15) is 12.5 Å². The van der Waals surface area contributed by atoms with Crippen molar-refractivity contribution in [1.29, 1.82) is 0 Å². The van der Waals surface area contributed by atoms with Crippen molar-refractivity contribution in [1.82, 2.24) is 16.0 Å². The monoisotopic (exact) mass is 366 g/mol. The van der Waals surface area contributed by atoms with E-state index in [1.165, 1.54) is 19.1 Å². The molecule has 10 nitrogen and oxygen atoms in total. The summed E-state index contributed by atoms with van der Waals surface area (Å²) in [6, 6.07) is 3.83.